The lowest BCUT2D eigenvalue weighted by atomic mass is 10.3. The first kappa shape index (κ1) is 10.0. The average molecular weight is 158 g/mol. The van der Waals surface area contributed by atoms with E-state index in [1.165, 1.54) is 7.11 Å². The lowest BCUT2D eigenvalue weighted by molar-refractivity contribution is 0.0817. The highest BCUT2D eigenvalue weighted by Gasteiger charge is 1.94. The van der Waals surface area contributed by atoms with E-state index in [0.29, 0.717) is 6.61 Å². The molecule has 11 heavy (non-hydrogen) atoms. The van der Waals surface area contributed by atoms with Crippen LogP contribution < -0.4 is 0 Å². The van der Waals surface area contributed by atoms with Crippen LogP contribution in [-0.4, -0.2) is 19.9 Å². The van der Waals surface area contributed by atoms with Gasteiger partial charge < -0.3 is 9.47 Å². The second-order valence-electron chi connectivity index (χ2n) is 2.03. The van der Waals surface area contributed by atoms with E-state index < -0.39 is 6.16 Å². The summed E-state index contributed by atoms with van der Waals surface area (Å²) in [5.74, 6) is 0. The maximum atomic E-state index is 10.4. The normalized spacial score (nSPS) is 10.0. The van der Waals surface area contributed by atoms with Crippen LogP contribution in [0.5, 0.6) is 0 Å². The van der Waals surface area contributed by atoms with Gasteiger partial charge in [-0.05, 0) is 6.42 Å². The Kier molecular flexibility index (Phi) is 6.48. The van der Waals surface area contributed by atoms with Gasteiger partial charge in [-0.25, -0.2) is 4.79 Å². The Hall–Kier alpha value is -0.990. The minimum absolute atomic E-state index is 0.298. The van der Waals surface area contributed by atoms with Crippen molar-refractivity contribution in [2.24, 2.45) is 0 Å². The molecule has 0 bridgehead atoms. The molecule has 0 aromatic carbocycles. The van der Waals surface area contributed by atoms with Crippen LogP contribution in [0, 0.1) is 0 Å². The molecular weight excluding hydrogens is 144 g/mol. The highest BCUT2D eigenvalue weighted by atomic mass is 16.7. The quantitative estimate of drug-likeness (QED) is 0.464. The molecule has 3 nitrogen and oxygen atoms in total. The lowest BCUT2D eigenvalue weighted by Crippen LogP contribution is -2.03. The number of allylic oxidation sites excluding steroid dienone is 1. The van der Waals surface area contributed by atoms with E-state index in [2.05, 4.69) is 16.4 Å². The molecule has 0 radical (unpaired) electrons. The van der Waals surface area contributed by atoms with Gasteiger partial charge in [0.05, 0.1) is 7.11 Å². The third-order valence-electron chi connectivity index (χ3n) is 1.09. The topological polar surface area (TPSA) is 35.5 Å². The average Bonchev–Trinajstić information content (AvgIpc) is 2.04. The van der Waals surface area contributed by atoms with Crippen molar-refractivity contribution in [3.8, 4) is 0 Å². The number of unbranched alkanes of at least 4 members (excludes halogenated alkanes) is 1. The lowest BCUT2D eigenvalue weighted by Gasteiger charge is -1.96. The maximum absolute atomic E-state index is 10.4. The molecule has 3 heteroatoms. The molecule has 0 saturated heterocycles. The molecule has 0 amide bonds. The van der Waals surface area contributed by atoms with Crippen LogP contribution in [0.4, 0.5) is 4.79 Å². The first-order valence-electron chi connectivity index (χ1n) is 3.67. The maximum Gasteiger partial charge on any atom is 0.508 e. The van der Waals surface area contributed by atoms with Gasteiger partial charge in [0.1, 0.15) is 6.61 Å². The smallest absolute Gasteiger partial charge is 0.438 e. The summed E-state index contributed by atoms with van der Waals surface area (Å²) in [4.78, 5) is 10.4. The third kappa shape index (κ3) is 6.90. The van der Waals surface area contributed by atoms with Gasteiger partial charge in [0, 0.05) is 0 Å². The van der Waals surface area contributed by atoms with Crippen LogP contribution in [0.15, 0.2) is 12.2 Å². The van der Waals surface area contributed by atoms with Gasteiger partial charge in [-0.15, -0.1) is 0 Å². The zero-order chi connectivity index (χ0) is 8.53. The number of carbonyl (C=O) groups excluding carboxylic acids is 1. The zero-order valence-corrected chi connectivity index (χ0v) is 7.00. The minimum atomic E-state index is -0.633. The van der Waals surface area contributed by atoms with Gasteiger partial charge in [-0.3, -0.25) is 0 Å². The summed E-state index contributed by atoms with van der Waals surface area (Å²) in [5.41, 5.74) is 0. The number of ether oxygens (including phenoxy) is 2. The molecule has 0 aliphatic heterocycles. The Morgan fingerprint density at radius 3 is 2.73 bits per heavy atom. The first-order chi connectivity index (χ1) is 5.31. The van der Waals surface area contributed by atoms with E-state index in [4.69, 9.17) is 0 Å². The monoisotopic (exact) mass is 158 g/mol. The zero-order valence-electron chi connectivity index (χ0n) is 7.00. The predicted octanol–water partition coefficient (Wildman–Crippen LogP) is 2.13. The summed E-state index contributed by atoms with van der Waals surface area (Å²) in [6, 6.07) is 0. The molecule has 0 aromatic rings. The summed E-state index contributed by atoms with van der Waals surface area (Å²) in [6.07, 6.45) is 5.27. The Morgan fingerprint density at radius 1 is 1.45 bits per heavy atom. The van der Waals surface area contributed by atoms with Crippen LogP contribution in [0.1, 0.15) is 19.8 Å². The van der Waals surface area contributed by atoms with Gasteiger partial charge >= 0.3 is 6.16 Å². The van der Waals surface area contributed by atoms with Crippen molar-refractivity contribution in [2.45, 2.75) is 19.8 Å². The van der Waals surface area contributed by atoms with E-state index in [-0.39, 0.29) is 0 Å². The fraction of sp³-hybridized carbons (Fsp3) is 0.625. The standard InChI is InChI=1S/C8H14O3/c1-3-4-5-6-7-11-8(9)10-2/h5-6H,3-4,7H2,1-2H3. The Balaban J connectivity index is 3.19. The van der Waals surface area contributed by atoms with E-state index in [9.17, 15) is 4.79 Å². The molecule has 0 aliphatic rings. The van der Waals surface area contributed by atoms with Gasteiger partial charge in [-0.1, -0.05) is 25.5 Å². The number of rotatable bonds is 4. The van der Waals surface area contributed by atoms with Crippen LogP contribution in [-0.2, 0) is 9.47 Å². The summed E-state index contributed by atoms with van der Waals surface area (Å²) >= 11 is 0. The summed E-state index contributed by atoms with van der Waals surface area (Å²) in [6.45, 7) is 2.39. The molecule has 0 fully saturated rings. The minimum Gasteiger partial charge on any atom is -0.438 e. The van der Waals surface area contributed by atoms with Gasteiger partial charge in [0.25, 0.3) is 0 Å². The molecule has 0 N–H and O–H groups in total. The van der Waals surface area contributed by atoms with Crippen molar-refractivity contribution in [3.63, 3.8) is 0 Å². The largest absolute Gasteiger partial charge is 0.508 e. The van der Waals surface area contributed by atoms with Crippen molar-refractivity contribution >= 4 is 6.16 Å². The van der Waals surface area contributed by atoms with Gasteiger partial charge in [0.2, 0.25) is 0 Å². The number of carbonyl (C=O) groups is 1. The van der Waals surface area contributed by atoms with E-state index >= 15 is 0 Å². The van der Waals surface area contributed by atoms with Gasteiger partial charge in [0.15, 0.2) is 0 Å². The molecule has 0 rings (SSSR count). The predicted molar refractivity (Wildman–Crippen MR) is 42.4 cm³/mol. The number of methoxy groups -OCH3 is 1. The third-order valence-corrected chi connectivity index (χ3v) is 1.09. The van der Waals surface area contributed by atoms with Crippen LogP contribution in [0.25, 0.3) is 0 Å². The van der Waals surface area contributed by atoms with Crippen LogP contribution in [0.2, 0.25) is 0 Å². The molecule has 0 heterocycles. The summed E-state index contributed by atoms with van der Waals surface area (Å²) in [5, 5.41) is 0. The highest BCUT2D eigenvalue weighted by molar-refractivity contribution is 5.59. The van der Waals surface area contributed by atoms with E-state index in [1.807, 2.05) is 6.08 Å². The molecule has 0 saturated carbocycles. The Labute approximate surface area is 67.0 Å². The van der Waals surface area contributed by atoms with Crippen LogP contribution in [0.3, 0.4) is 0 Å². The molecule has 0 atom stereocenters. The Morgan fingerprint density at radius 2 is 2.18 bits per heavy atom. The van der Waals surface area contributed by atoms with Crippen molar-refractivity contribution in [2.75, 3.05) is 13.7 Å². The van der Waals surface area contributed by atoms with Crippen molar-refractivity contribution in [1.29, 1.82) is 0 Å². The van der Waals surface area contributed by atoms with E-state index in [0.717, 1.165) is 12.8 Å². The number of hydrogen-bond acceptors (Lipinski definition) is 3. The molecular formula is C8H14O3. The molecule has 0 aromatic heterocycles. The molecule has 0 spiro atoms. The molecule has 0 unspecified atom stereocenters. The fourth-order valence-corrected chi connectivity index (χ4v) is 0.528. The van der Waals surface area contributed by atoms with E-state index in [1.54, 1.807) is 6.08 Å². The fourth-order valence-electron chi connectivity index (χ4n) is 0.528. The Bertz CT molecular complexity index is 129. The summed E-state index contributed by atoms with van der Waals surface area (Å²) in [7, 11) is 1.29. The second-order valence-corrected chi connectivity index (χ2v) is 2.03. The second kappa shape index (κ2) is 7.12. The van der Waals surface area contributed by atoms with Crippen LogP contribution >= 0.6 is 0 Å². The highest BCUT2D eigenvalue weighted by Crippen LogP contribution is 1.89. The van der Waals surface area contributed by atoms with Crippen molar-refractivity contribution < 1.29 is 14.3 Å². The first-order valence-corrected chi connectivity index (χ1v) is 3.67. The van der Waals surface area contributed by atoms with Crippen molar-refractivity contribution in [3.05, 3.63) is 12.2 Å². The summed E-state index contributed by atoms with van der Waals surface area (Å²) < 4.78 is 8.85. The molecule has 64 valence electrons. The number of hydrogen-bond donors (Lipinski definition) is 0. The van der Waals surface area contributed by atoms with Gasteiger partial charge in [-0.2, -0.15) is 0 Å². The molecule has 0 aliphatic carbocycles. The SMILES string of the molecule is CCCC=CCOC(=O)OC. The van der Waals surface area contributed by atoms with Crippen molar-refractivity contribution in [1.82, 2.24) is 0 Å².